The van der Waals surface area contributed by atoms with Crippen LogP contribution in [0.4, 0.5) is 14.5 Å². The Kier molecular flexibility index (Phi) is 6.55. The number of halogens is 2. The first-order valence-electron chi connectivity index (χ1n) is 10.5. The van der Waals surface area contributed by atoms with Gasteiger partial charge in [-0.05, 0) is 57.9 Å². The fourth-order valence-corrected chi connectivity index (χ4v) is 3.98. The monoisotopic (exact) mass is 446 g/mol. The molecule has 1 aliphatic rings. The van der Waals surface area contributed by atoms with E-state index in [4.69, 9.17) is 15.2 Å². The van der Waals surface area contributed by atoms with Crippen molar-refractivity contribution in [1.29, 1.82) is 0 Å². The summed E-state index contributed by atoms with van der Waals surface area (Å²) >= 11 is 0. The molecule has 0 spiro atoms. The fourth-order valence-electron chi connectivity index (χ4n) is 3.98. The number of anilines is 1. The molecule has 0 unspecified atom stereocenters. The molecule has 3 rings (SSSR count). The van der Waals surface area contributed by atoms with E-state index in [1.807, 2.05) is 20.8 Å². The minimum Gasteiger partial charge on any atom is -0.488 e. The summed E-state index contributed by atoms with van der Waals surface area (Å²) in [6.07, 6.45) is -1.41. The van der Waals surface area contributed by atoms with Crippen LogP contribution in [-0.4, -0.2) is 29.6 Å². The van der Waals surface area contributed by atoms with Gasteiger partial charge in [-0.25, -0.2) is 4.39 Å². The van der Waals surface area contributed by atoms with Crippen LogP contribution in [0.5, 0.6) is 5.75 Å². The van der Waals surface area contributed by atoms with E-state index in [9.17, 15) is 18.4 Å². The molecule has 2 amide bonds. The van der Waals surface area contributed by atoms with Crippen molar-refractivity contribution in [2.24, 2.45) is 11.7 Å². The van der Waals surface area contributed by atoms with Crippen LogP contribution < -0.4 is 15.8 Å². The summed E-state index contributed by atoms with van der Waals surface area (Å²) in [5.41, 5.74) is 5.57. The standard InChI is InChI=1S/C24H28F2N2O4/c1-12(2)31-20-16(9-10-17(25)19(20)26)18-13(3)24(4,5)32-21(18)23(30)28-15-8-6-7-14(11-15)22(27)29/h6-13,18,21H,1-5H3,(H2,27,29)(H,28,30)/t13-,18-,21+/m1/s1. The number of hydrogen-bond donors (Lipinski definition) is 2. The predicted molar refractivity (Wildman–Crippen MR) is 117 cm³/mol. The van der Waals surface area contributed by atoms with Crippen LogP contribution in [0.2, 0.25) is 0 Å². The second-order valence-corrected chi connectivity index (χ2v) is 8.84. The van der Waals surface area contributed by atoms with Crippen LogP contribution in [0.3, 0.4) is 0 Å². The quantitative estimate of drug-likeness (QED) is 0.689. The van der Waals surface area contributed by atoms with Gasteiger partial charge >= 0.3 is 0 Å². The van der Waals surface area contributed by atoms with E-state index >= 15 is 0 Å². The molecule has 1 fully saturated rings. The molecule has 1 heterocycles. The number of nitrogens with one attached hydrogen (secondary N) is 1. The van der Waals surface area contributed by atoms with Gasteiger partial charge < -0.3 is 20.5 Å². The third kappa shape index (κ3) is 4.60. The molecule has 0 aromatic heterocycles. The second-order valence-electron chi connectivity index (χ2n) is 8.84. The summed E-state index contributed by atoms with van der Waals surface area (Å²) in [6.45, 7) is 9.00. The van der Waals surface area contributed by atoms with Gasteiger partial charge in [-0.3, -0.25) is 9.59 Å². The zero-order valence-electron chi connectivity index (χ0n) is 18.7. The van der Waals surface area contributed by atoms with Crippen molar-refractivity contribution in [3.05, 3.63) is 59.2 Å². The third-order valence-corrected chi connectivity index (χ3v) is 5.86. The van der Waals surface area contributed by atoms with Crippen LogP contribution in [0.1, 0.15) is 56.5 Å². The lowest BCUT2D eigenvalue weighted by molar-refractivity contribution is -0.131. The summed E-state index contributed by atoms with van der Waals surface area (Å²) < 4.78 is 40.4. The SMILES string of the molecule is CC(C)Oc1c([C@@H]2[C@@H](C(=O)Nc3cccc(C(N)=O)c3)OC(C)(C)[C@@H]2C)ccc(F)c1F. The molecular formula is C24H28F2N2O4. The Labute approximate surface area is 186 Å². The number of amides is 2. The highest BCUT2D eigenvalue weighted by Crippen LogP contribution is 2.49. The van der Waals surface area contributed by atoms with Gasteiger partial charge in [-0.1, -0.05) is 19.1 Å². The molecule has 172 valence electrons. The van der Waals surface area contributed by atoms with E-state index in [-0.39, 0.29) is 17.2 Å². The van der Waals surface area contributed by atoms with Crippen molar-refractivity contribution in [1.82, 2.24) is 0 Å². The van der Waals surface area contributed by atoms with E-state index in [1.165, 1.54) is 18.2 Å². The number of carbonyl (C=O) groups excluding carboxylic acids is 2. The smallest absolute Gasteiger partial charge is 0.254 e. The van der Waals surface area contributed by atoms with Crippen molar-refractivity contribution in [3.63, 3.8) is 0 Å². The Morgan fingerprint density at radius 1 is 1.19 bits per heavy atom. The normalized spacial score (nSPS) is 22.1. The van der Waals surface area contributed by atoms with Gasteiger partial charge in [0.15, 0.2) is 11.6 Å². The molecule has 1 aliphatic heterocycles. The summed E-state index contributed by atoms with van der Waals surface area (Å²) in [7, 11) is 0. The van der Waals surface area contributed by atoms with Crippen LogP contribution in [0, 0.1) is 17.6 Å². The van der Waals surface area contributed by atoms with Gasteiger partial charge in [-0.15, -0.1) is 0 Å². The Morgan fingerprint density at radius 2 is 1.88 bits per heavy atom. The molecule has 2 aromatic carbocycles. The predicted octanol–water partition coefficient (Wildman–Crippen LogP) is 4.39. The Hall–Kier alpha value is -3.00. The van der Waals surface area contributed by atoms with Crippen molar-refractivity contribution in [2.45, 2.75) is 58.3 Å². The van der Waals surface area contributed by atoms with Crippen LogP contribution >= 0.6 is 0 Å². The van der Waals surface area contributed by atoms with Crippen LogP contribution in [0.15, 0.2) is 36.4 Å². The largest absolute Gasteiger partial charge is 0.488 e. The van der Waals surface area contributed by atoms with Crippen molar-refractivity contribution in [2.75, 3.05) is 5.32 Å². The molecule has 32 heavy (non-hydrogen) atoms. The molecule has 0 saturated carbocycles. The van der Waals surface area contributed by atoms with E-state index in [0.717, 1.165) is 6.07 Å². The molecule has 3 atom stereocenters. The number of rotatable bonds is 6. The maximum absolute atomic E-state index is 14.7. The van der Waals surface area contributed by atoms with Gasteiger partial charge in [0, 0.05) is 22.7 Å². The number of nitrogens with two attached hydrogens (primary N) is 1. The first-order chi connectivity index (χ1) is 14.9. The molecule has 0 bridgehead atoms. The molecule has 0 aliphatic carbocycles. The Balaban J connectivity index is 2.01. The van der Waals surface area contributed by atoms with Crippen LogP contribution in [-0.2, 0) is 9.53 Å². The lowest BCUT2D eigenvalue weighted by atomic mass is 9.78. The molecule has 2 aromatic rings. The highest BCUT2D eigenvalue weighted by atomic mass is 19.2. The zero-order valence-corrected chi connectivity index (χ0v) is 18.7. The van der Waals surface area contributed by atoms with E-state index in [1.54, 1.807) is 26.0 Å². The van der Waals surface area contributed by atoms with Gasteiger partial charge in [-0.2, -0.15) is 4.39 Å². The maximum atomic E-state index is 14.7. The first kappa shape index (κ1) is 23.7. The summed E-state index contributed by atoms with van der Waals surface area (Å²) in [5.74, 6) is -4.27. The summed E-state index contributed by atoms with van der Waals surface area (Å²) in [5, 5.41) is 2.74. The third-order valence-electron chi connectivity index (χ3n) is 5.86. The molecule has 1 saturated heterocycles. The van der Waals surface area contributed by atoms with Gasteiger partial charge in [0.2, 0.25) is 11.7 Å². The minimum atomic E-state index is -1.10. The van der Waals surface area contributed by atoms with Crippen molar-refractivity contribution in [3.8, 4) is 5.75 Å². The van der Waals surface area contributed by atoms with E-state index in [2.05, 4.69) is 5.32 Å². The fraction of sp³-hybridized carbons (Fsp3) is 0.417. The number of primary amides is 1. The summed E-state index contributed by atoms with van der Waals surface area (Å²) in [4.78, 5) is 24.7. The minimum absolute atomic E-state index is 0.216. The molecule has 0 radical (unpaired) electrons. The molecule has 3 N–H and O–H groups in total. The second kappa shape index (κ2) is 8.86. The van der Waals surface area contributed by atoms with E-state index < -0.39 is 47.2 Å². The van der Waals surface area contributed by atoms with Crippen molar-refractivity contribution >= 4 is 17.5 Å². The zero-order chi connectivity index (χ0) is 23.8. The molecule has 6 nitrogen and oxygen atoms in total. The van der Waals surface area contributed by atoms with E-state index in [0.29, 0.717) is 11.3 Å². The highest BCUT2D eigenvalue weighted by Gasteiger charge is 2.51. The molecular weight excluding hydrogens is 418 g/mol. The lowest BCUT2D eigenvalue weighted by Crippen LogP contribution is -2.33. The number of benzene rings is 2. The van der Waals surface area contributed by atoms with Gasteiger partial charge in [0.05, 0.1) is 11.7 Å². The van der Waals surface area contributed by atoms with Crippen molar-refractivity contribution < 1.29 is 27.8 Å². The van der Waals surface area contributed by atoms with Crippen LogP contribution in [0.25, 0.3) is 0 Å². The maximum Gasteiger partial charge on any atom is 0.254 e. The van der Waals surface area contributed by atoms with Gasteiger partial charge in [0.1, 0.15) is 6.10 Å². The highest BCUT2D eigenvalue weighted by molar-refractivity contribution is 5.98. The number of hydrogen-bond acceptors (Lipinski definition) is 4. The summed E-state index contributed by atoms with van der Waals surface area (Å²) in [6, 6.07) is 8.68. The average molecular weight is 446 g/mol. The Bertz CT molecular complexity index is 1040. The van der Waals surface area contributed by atoms with Gasteiger partial charge in [0.25, 0.3) is 5.91 Å². The first-order valence-corrected chi connectivity index (χ1v) is 10.5. The average Bonchev–Trinajstić information content (AvgIpc) is 2.95. The molecule has 8 heteroatoms. The number of ether oxygens (including phenoxy) is 2. The Morgan fingerprint density at radius 3 is 2.50 bits per heavy atom. The topological polar surface area (TPSA) is 90.6 Å². The number of carbonyl (C=O) groups is 2. The lowest BCUT2D eigenvalue weighted by Gasteiger charge is -2.26.